The summed E-state index contributed by atoms with van der Waals surface area (Å²) < 4.78 is 0. The van der Waals surface area contributed by atoms with Gasteiger partial charge in [-0.1, -0.05) is 49.7 Å². The SMILES string of the molecule is CCCCCCC(=O)Nc1nnc(CC(=O)N/N=C\c2ccc(N(CC)CC)cc2)s1. The van der Waals surface area contributed by atoms with Crippen LogP contribution < -0.4 is 15.6 Å². The summed E-state index contributed by atoms with van der Waals surface area (Å²) in [5.41, 5.74) is 4.56. The Bertz CT molecular complexity index is 846. The molecular formula is C22H32N6O2S. The summed E-state index contributed by atoms with van der Waals surface area (Å²) in [5.74, 6) is -0.357. The first-order valence-electron chi connectivity index (χ1n) is 10.8. The third kappa shape index (κ3) is 8.84. The van der Waals surface area contributed by atoms with E-state index in [4.69, 9.17) is 0 Å². The molecule has 2 amide bonds. The lowest BCUT2D eigenvalue weighted by Crippen LogP contribution is -2.21. The first kappa shape index (κ1) is 24.5. The van der Waals surface area contributed by atoms with Crippen LogP contribution in [0.4, 0.5) is 10.8 Å². The molecule has 1 aromatic carbocycles. The van der Waals surface area contributed by atoms with E-state index in [1.54, 1.807) is 6.21 Å². The molecule has 0 spiro atoms. The van der Waals surface area contributed by atoms with Crippen molar-refractivity contribution in [2.75, 3.05) is 23.3 Å². The average Bonchev–Trinajstić information content (AvgIpc) is 3.19. The number of carbonyl (C=O) groups is 2. The Balaban J connectivity index is 1.75. The van der Waals surface area contributed by atoms with Gasteiger partial charge in [0.25, 0.3) is 0 Å². The van der Waals surface area contributed by atoms with Crippen LogP contribution in [0, 0.1) is 0 Å². The second kappa shape index (κ2) is 13.5. The number of rotatable bonds is 13. The van der Waals surface area contributed by atoms with Crippen molar-refractivity contribution in [3.8, 4) is 0 Å². The van der Waals surface area contributed by atoms with Crippen molar-refractivity contribution in [2.45, 2.75) is 59.3 Å². The minimum Gasteiger partial charge on any atom is -0.372 e. The molecule has 8 nitrogen and oxygen atoms in total. The number of anilines is 2. The summed E-state index contributed by atoms with van der Waals surface area (Å²) >= 11 is 1.20. The van der Waals surface area contributed by atoms with E-state index in [0.717, 1.165) is 50.0 Å². The Morgan fingerprint density at radius 1 is 1.03 bits per heavy atom. The molecule has 2 N–H and O–H groups in total. The van der Waals surface area contributed by atoms with Crippen LogP contribution in [0.5, 0.6) is 0 Å². The predicted molar refractivity (Wildman–Crippen MR) is 127 cm³/mol. The van der Waals surface area contributed by atoms with Crippen LogP contribution in [-0.4, -0.2) is 41.3 Å². The first-order chi connectivity index (χ1) is 15.0. The molecule has 1 aromatic heterocycles. The molecule has 2 rings (SSSR count). The van der Waals surface area contributed by atoms with Gasteiger partial charge in [-0.05, 0) is 38.0 Å². The zero-order valence-corrected chi connectivity index (χ0v) is 19.4. The fourth-order valence-corrected chi connectivity index (χ4v) is 3.74. The molecule has 2 aromatic rings. The van der Waals surface area contributed by atoms with Crippen molar-refractivity contribution >= 4 is 40.2 Å². The second-order valence-corrected chi connectivity index (χ2v) is 8.16. The number of unbranched alkanes of at least 4 members (excludes halogenated alkanes) is 3. The molecule has 0 radical (unpaired) electrons. The molecule has 0 aliphatic rings. The summed E-state index contributed by atoms with van der Waals surface area (Å²) in [6.45, 7) is 8.29. The number of amides is 2. The van der Waals surface area contributed by atoms with Gasteiger partial charge < -0.3 is 10.2 Å². The fourth-order valence-electron chi connectivity index (χ4n) is 2.99. The zero-order chi connectivity index (χ0) is 22.5. The van der Waals surface area contributed by atoms with Crippen molar-refractivity contribution in [2.24, 2.45) is 5.10 Å². The fraction of sp³-hybridized carbons (Fsp3) is 0.500. The lowest BCUT2D eigenvalue weighted by atomic mass is 10.1. The number of nitrogens with one attached hydrogen (secondary N) is 2. The smallest absolute Gasteiger partial charge is 0.247 e. The van der Waals surface area contributed by atoms with E-state index in [2.05, 4.69) is 51.7 Å². The van der Waals surface area contributed by atoms with Gasteiger partial charge in [-0.2, -0.15) is 5.10 Å². The van der Waals surface area contributed by atoms with Gasteiger partial charge >= 0.3 is 0 Å². The number of hydrazone groups is 1. The largest absolute Gasteiger partial charge is 0.372 e. The van der Waals surface area contributed by atoms with E-state index < -0.39 is 0 Å². The summed E-state index contributed by atoms with van der Waals surface area (Å²) in [6.07, 6.45) is 6.32. The molecule has 9 heteroatoms. The lowest BCUT2D eigenvalue weighted by Gasteiger charge is -2.20. The van der Waals surface area contributed by atoms with E-state index in [1.807, 2.05) is 24.3 Å². The van der Waals surface area contributed by atoms with Crippen LogP contribution >= 0.6 is 11.3 Å². The van der Waals surface area contributed by atoms with E-state index >= 15 is 0 Å². The van der Waals surface area contributed by atoms with E-state index in [0.29, 0.717) is 16.6 Å². The summed E-state index contributed by atoms with van der Waals surface area (Å²) in [7, 11) is 0. The maximum Gasteiger partial charge on any atom is 0.247 e. The molecule has 0 aliphatic carbocycles. The molecule has 0 saturated carbocycles. The summed E-state index contributed by atoms with van der Waals surface area (Å²) in [4.78, 5) is 26.2. The molecule has 31 heavy (non-hydrogen) atoms. The molecule has 0 aliphatic heterocycles. The van der Waals surface area contributed by atoms with Crippen molar-refractivity contribution in [1.82, 2.24) is 15.6 Å². The van der Waals surface area contributed by atoms with Crippen molar-refractivity contribution in [3.05, 3.63) is 34.8 Å². The van der Waals surface area contributed by atoms with Gasteiger partial charge in [0.15, 0.2) is 0 Å². The molecule has 1 heterocycles. The Morgan fingerprint density at radius 3 is 2.45 bits per heavy atom. The van der Waals surface area contributed by atoms with Gasteiger partial charge in [-0.3, -0.25) is 9.59 Å². The maximum atomic E-state index is 12.1. The highest BCUT2D eigenvalue weighted by Crippen LogP contribution is 2.17. The monoisotopic (exact) mass is 444 g/mol. The van der Waals surface area contributed by atoms with Crippen molar-refractivity contribution < 1.29 is 9.59 Å². The number of hydrogen-bond donors (Lipinski definition) is 2. The molecule has 0 atom stereocenters. The van der Waals surface area contributed by atoms with Gasteiger partial charge in [-0.25, -0.2) is 5.43 Å². The van der Waals surface area contributed by atoms with Crippen LogP contribution in [0.25, 0.3) is 0 Å². The standard InChI is InChI=1S/C22H32N6O2S/c1-4-7-8-9-10-19(29)24-22-27-26-21(31-22)15-20(30)25-23-16-17-11-13-18(14-12-17)28(5-2)6-3/h11-14,16H,4-10,15H2,1-3H3,(H,25,30)(H,24,27,29)/b23-16-. The van der Waals surface area contributed by atoms with E-state index in [-0.39, 0.29) is 18.2 Å². The van der Waals surface area contributed by atoms with Crippen molar-refractivity contribution in [3.63, 3.8) is 0 Å². The highest BCUT2D eigenvalue weighted by molar-refractivity contribution is 7.15. The summed E-state index contributed by atoms with van der Waals surface area (Å²) in [6, 6.07) is 8.00. The Morgan fingerprint density at radius 2 is 1.77 bits per heavy atom. The van der Waals surface area contributed by atoms with Crippen LogP contribution in [-0.2, 0) is 16.0 Å². The highest BCUT2D eigenvalue weighted by Gasteiger charge is 2.11. The van der Waals surface area contributed by atoms with Gasteiger partial charge in [0.05, 0.1) is 12.6 Å². The zero-order valence-electron chi connectivity index (χ0n) is 18.6. The molecule has 168 valence electrons. The number of benzene rings is 1. The van der Waals surface area contributed by atoms with Crippen LogP contribution in [0.15, 0.2) is 29.4 Å². The second-order valence-electron chi connectivity index (χ2n) is 7.09. The van der Waals surface area contributed by atoms with Gasteiger partial charge in [0.2, 0.25) is 16.9 Å². The van der Waals surface area contributed by atoms with Crippen LogP contribution in [0.2, 0.25) is 0 Å². The number of aromatic nitrogens is 2. The number of hydrogen-bond acceptors (Lipinski definition) is 7. The maximum absolute atomic E-state index is 12.1. The van der Waals surface area contributed by atoms with Crippen LogP contribution in [0.1, 0.15) is 63.4 Å². The van der Waals surface area contributed by atoms with Gasteiger partial charge in [-0.15, -0.1) is 10.2 Å². The van der Waals surface area contributed by atoms with E-state index in [1.165, 1.54) is 11.3 Å². The average molecular weight is 445 g/mol. The normalized spacial score (nSPS) is 10.9. The van der Waals surface area contributed by atoms with Gasteiger partial charge in [0, 0.05) is 25.2 Å². The number of nitrogens with zero attached hydrogens (tertiary/aromatic N) is 4. The molecule has 0 saturated heterocycles. The van der Waals surface area contributed by atoms with Gasteiger partial charge in [0.1, 0.15) is 5.01 Å². The predicted octanol–water partition coefficient (Wildman–Crippen LogP) is 3.99. The first-order valence-corrected chi connectivity index (χ1v) is 11.7. The summed E-state index contributed by atoms with van der Waals surface area (Å²) in [5, 5.41) is 15.6. The minimum absolute atomic E-state index is 0.0578. The van der Waals surface area contributed by atoms with E-state index in [9.17, 15) is 9.59 Å². The third-order valence-electron chi connectivity index (χ3n) is 4.71. The molecule has 0 fully saturated rings. The quantitative estimate of drug-likeness (QED) is 0.276. The topological polar surface area (TPSA) is 99.6 Å². The lowest BCUT2D eigenvalue weighted by molar-refractivity contribution is -0.120. The molecule has 0 bridgehead atoms. The van der Waals surface area contributed by atoms with Crippen molar-refractivity contribution in [1.29, 1.82) is 0 Å². The number of carbonyl (C=O) groups excluding carboxylic acids is 2. The Hall–Kier alpha value is -2.81. The van der Waals surface area contributed by atoms with Crippen LogP contribution in [0.3, 0.4) is 0 Å². The Kier molecular flexibility index (Phi) is 10.6. The molecule has 0 unspecified atom stereocenters. The Labute approximate surface area is 188 Å². The highest BCUT2D eigenvalue weighted by atomic mass is 32.1. The molecular weight excluding hydrogens is 412 g/mol. The third-order valence-corrected chi connectivity index (χ3v) is 5.55. The minimum atomic E-state index is -0.287.